The third-order valence-corrected chi connectivity index (χ3v) is 5.51. The van der Waals surface area contributed by atoms with Crippen molar-refractivity contribution in [1.82, 2.24) is 9.55 Å². The summed E-state index contributed by atoms with van der Waals surface area (Å²) < 4.78 is 1.70. The van der Waals surface area contributed by atoms with Gasteiger partial charge < -0.3 is 5.11 Å². The highest BCUT2D eigenvalue weighted by atomic mass is 32.1. The molecule has 2 heterocycles. The van der Waals surface area contributed by atoms with E-state index in [2.05, 4.69) is 18.8 Å². The maximum Gasteiger partial charge on any atom is 0.311 e. The van der Waals surface area contributed by atoms with Gasteiger partial charge in [-0.05, 0) is 37.7 Å². The van der Waals surface area contributed by atoms with Gasteiger partial charge in [-0.2, -0.15) is 0 Å². The Morgan fingerprint density at radius 1 is 1.50 bits per heavy atom. The molecule has 0 saturated heterocycles. The third kappa shape index (κ3) is 2.35. The highest BCUT2D eigenvalue weighted by Crippen LogP contribution is 2.42. The number of aliphatic carboxylic acids is 1. The van der Waals surface area contributed by atoms with Crippen molar-refractivity contribution in [3.63, 3.8) is 0 Å². The summed E-state index contributed by atoms with van der Waals surface area (Å²) in [5, 5.41) is 9.95. The van der Waals surface area contributed by atoms with Crippen LogP contribution in [0.5, 0.6) is 0 Å². The van der Waals surface area contributed by atoms with Crippen LogP contribution in [0.4, 0.5) is 0 Å². The van der Waals surface area contributed by atoms with Crippen LogP contribution in [0.1, 0.15) is 48.9 Å². The van der Waals surface area contributed by atoms with Gasteiger partial charge in [0.25, 0.3) is 5.56 Å². The number of nitrogens with zero attached hydrogens (tertiary/aromatic N) is 2. The van der Waals surface area contributed by atoms with Crippen molar-refractivity contribution in [1.29, 1.82) is 0 Å². The topological polar surface area (TPSA) is 72.2 Å². The number of carboxylic acid groups (broad SMARTS) is 1. The van der Waals surface area contributed by atoms with E-state index >= 15 is 0 Å². The second-order valence-electron chi connectivity index (χ2n) is 6.35. The number of rotatable bonds is 4. The predicted molar refractivity (Wildman–Crippen MR) is 86.8 cm³/mol. The van der Waals surface area contributed by atoms with Crippen LogP contribution >= 0.6 is 11.3 Å². The van der Waals surface area contributed by atoms with Crippen molar-refractivity contribution >= 4 is 27.5 Å². The van der Waals surface area contributed by atoms with Crippen molar-refractivity contribution in [3.05, 3.63) is 26.6 Å². The van der Waals surface area contributed by atoms with E-state index in [-0.39, 0.29) is 5.56 Å². The highest BCUT2D eigenvalue weighted by molar-refractivity contribution is 7.18. The lowest BCUT2D eigenvalue weighted by Gasteiger charge is -2.12. The predicted octanol–water partition coefficient (Wildman–Crippen LogP) is 2.93. The van der Waals surface area contributed by atoms with Gasteiger partial charge in [0.2, 0.25) is 0 Å². The van der Waals surface area contributed by atoms with E-state index in [9.17, 15) is 14.7 Å². The molecule has 0 aromatic carbocycles. The zero-order valence-electron chi connectivity index (χ0n) is 13.0. The molecule has 1 atom stereocenters. The minimum absolute atomic E-state index is 0.0752. The van der Waals surface area contributed by atoms with E-state index < -0.39 is 11.9 Å². The zero-order valence-corrected chi connectivity index (χ0v) is 13.9. The van der Waals surface area contributed by atoms with Gasteiger partial charge in [0, 0.05) is 11.4 Å². The lowest BCUT2D eigenvalue weighted by atomic mass is 10.0. The Morgan fingerprint density at radius 2 is 2.23 bits per heavy atom. The summed E-state index contributed by atoms with van der Waals surface area (Å²) in [6, 6.07) is 0. The summed E-state index contributed by atoms with van der Waals surface area (Å²) >= 11 is 1.48. The molecule has 22 heavy (non-hydrogen) atoms. The van der Waals surface area contributed by atoms with Gasteiger partial charge in [0.15, 0.2) is 0 Å². The summed E-state index contributed by atoms with van der Waals surface area (Å²) in [6.07, 6.45) is 2.23. The van der Waals surface area contributed by atoms with Crippen LogP contribution < -0.4 is 5.56 Å². The molecule has 5 nitrogen and oxygen atoms in total. The Bertz CT molecular complexity index is 804. The van der Waals surface area contributed by atoms with Gasteiger partial charge in [0.05, 0.1) is 11.3 Å². The minimum Gasteiger partial charge on any atom is -0.481 e. The second kappa shape index (κ2) is 5.50. The number of thiophene rings is 1. The third-order valence-electron chi connectivity index (χ3n) is 4.35. The van der Waals surface area contributed by atoms with Crippen molar-refractivity contribution < 1.29 is 9.90 Å². The average molecular weight is 320 g/mol. The first-order chi connectivity index (χ1) is 10.4. The van der Waals surface area contributed by atoms with Crippen LogP contribution in [0.3, 0.4) is 0 Å². The molecule has 2 aromatic heterocycles. The van der Waals surface area contributed by atoms with E-state index in [1.165, 1.54) is 11.3 Å². The van der Waals surface area contributed by atoms with E-state index in [4.69, 9.17) is 0 Å². The largest absolute Gasteiger partial charge is 0.481 e. The fourth-order valence-electron chi connectivity index (χ4n) is 3.12. The summed E-state index contributed by atoms with van der Waals surface area (Å²) in [7, 11) is 0. The van der Waals surface area contributed by atoms with Crippen LogP contribution in [0.2, 0.25) is 0 Å². The number of fused-ring (bicyclic) bond motifs is 3. The van der Waals surface area contributed by atoms with E-state index in [0.717, 1.165) is 23.3 Å². The number of hydrogen-bond acceptors (Lipinski definition) is 4. The van der Waals surface area contributed by atoms with Gasteiger partial charge >= 0.3 is 5.97 Å². The second-order valence-corrected chi connectivity index (χ2v) is 7.43. The van der Waals surface area contributed by atoms with Gasteiger partial charge in [0.1, 0.15) is 10.7 Å². The highest BCUT2D eigenvalue weighted by Gasteiger charge is 2.34. The molecule has 0 aliphatic heterocycles. The molecule has 118 valence electrons. The molecule has 1 aliphatic rings. The number of aromatic nitrogens is 2. The summed E-state index contributed by atoms with van der Waals surface area (Å²) in [5.74, 6) is -0.182. The van der Waals surface area contributed by atoms with Crippen LogP contribution in [0.15, 0.2) is 4.79 Å². The fourth-order valence-corrected chi connectivity index (χ4v) is 4.41. The number of aryl methyl sites for hydroxylation is 2. The number of carboxylic acids is 1. The molecular weight excluding hydrogens is 300 g/mol. The first kappa shape index (κ1) is 15.2. The monoisotopic (exact) mass is 320 g/mol. The lowest BCUT2D eigenvalue weighted by Crippen LogP contribution is -2.25. The molecule has 0 saturated carbocycles. The minimum atomic E-state index is -0.841. The normalized spacial score (nSPS) is 17.4. The molecule has 0 fully saturated rings. The Morgan fingerprint density at radius 3 is 2.86 bits per heavy atom. The SMILES string of the molecule is Cc1nc2sc3c(c2c(=O)n1CCC(C)C)C(C(=O)O)CC3. The Balaban J connectivity index is 2.19. The summed E-state index contributed by atoms with van der Waals surface area (Å²) in [6.45, 7) is 6.72. The van der Waals surface area contributed by atoms with Crippen molar-refractivity contribution in [2.45, 2.75) is 52.5 Å². The fraction of sp³-hybridized carbons (Fsp3) is 0.562. The molecule has 1 N–H and O–H groups in total. The molecule has 0 bridgehead atoms. The van der Waals surface area contributed by atoms with Gasteiger partial charge in [-0.15, -0.1) is 11.3 Å². The number of carbonyl (C=O) groups is 1. The van der Waals surface area contributed by atoms with Crippen LogP contribution in [0.25, 0.3) is 10.2 Å². The van der Waals surface area contributed by atoms with E-state index in [0.29, 0.717) is 34.9 Å². The van der Waals surface area contributed by atoms with Crippen LogP contribution in [0, 0.1) is 12.8 Å². The maximum atomic E-state index is 12.9. The first-order valence-electron chi connectivity index (χ1n) is 7.65. The lowest BCUT2D eigenvalue weighted by molar-refractivity contribution is -0.138. The van der Waals surface area contributed by atoms with Gasteiger partial charge in [-0.1, -0.05) is 13.8 Å². The average Bonchev–Trinajstić information content (AvgIpc) is 2.95. The number of hydrogen-bond donors (Lipinski definition) is 1. The van der Waals surface area contributed by atoms with Crippen LogP contribution in [-0.2, 0) is 17.8 Å². The maximum absolute atomic E-state index is 12.9. The first-order valence-corrected chi connectivity index (χ1v) is 8.47. The Hall–Kier alpha value is -1.69. The molecule has 0 radical (unpaired) electrons. The quantitative estimate of drug-likeness (QED) is 0.940. The smallest absolute Gasteiger partial charge is 0.311 e. The van der Waals surface area contributed by atoms with Gasteiger partial charge in [-0.3, -0.25) is 14.2 Å². The standard InChI is InChI=1S/C16H20N2O3S/c1-8(2)6-7-18-9(3)17-14-13(15(18)19)12-10(16(20)21)4-5-11(12)22-14/h8,10H,4-7H2,1-3H3,(H,20,21). The van der Waals surface area contributed by atoms with Crippen molar-refractivity contribution in [2.24, 2.45) is 5.92 Å². The Kier molecular flexibility index (Phi) is 3.80. The molecule has 1 unspecified atom stereocenters. The van der Waals surface area contributed by atoms with Crippen molar-refractivity contribution in [2.75, 3.05) is 0 Å². The van der Waals surface area contributed by atoms with E-state index in [1.807, 2.05) is 6.92 Å². The van der Waals surface area contributed by atoms with E-state index in [1.54, 1.807) is 4.57 Å². The Labute approximate surface area is 132 Å². The molecule has 0 amide bonds. The summed E-state index contributed by atoms with van der Waals surface area (Å²) in [4.78, 5) is 30.6. The molecule has 1 aliphatic carbocycles. The summed E-state index contributed by atoms with van der Waals surface area (Å²) in [5.41, 5.74) is 0.650. The van der Waals surface area contributed by atoms with Crippen LogP contribution in [-0.4, -0.2) is 20.6 Å². The van der Waals surface area contributed by atoms with Crippen molar-refractivity contribution in [3.8, 4) is 0 Å². The molecule has 2 aromatic rings. The van der Waals surface area contributed by atoms with Gasteiger partial charge in [-0.25, -0.2) is 4.98 Å². The molecule has 6 heteroatoms. The zero-order chi connectivity index (χ0) is 16.0. The molecule has 0 spiro atoms. The molecular formula is C16H20N2O3S. The molecule has 3 rings (SSSR count).